The highest BCUT2D eigenvalue weighted by molar-refractivity contribution is 6.04. The van der Waals surface area contributed by atoms with Crippen molar-refractivity contribution in [2.24, 2.45) is 5.92 Å². The average Bonchev–Trinajstić information content (AvgIpc) is 3.26. The number of oxazole rings is 1. The van der Waals surface area contributed by atoms with Gasteiger partial charge >= 0.3 is 5.76 Å². The van der Waals surface area contributed by atoms with E-state index in [1.807, 2.05) is 19.9 Å². The maximum absolute atomic E-state index is 12.7. The third kappa shape index (κ3) is 3.46. The summed E-state index contributed by atoms with van der Waals surface area (Å²) >= 11 is 0. The van der Waals surface area contributed by atoms with Gasteiger partial charge in [0, 0.05) is 36.4 Å². The fourth-order valence-corrected chi connectivity index (χ4v) is 3.72. The fourth-order valence-electron chi connectivity index (χ4n) is 3.72. The van der Waals surface area contributed by atoms with E-state index in [4.69, 9.17) is 9.68 Å². The zero-order valence-corrected chi connectivity index (χ0v) is 16.6. The molecule has 0 aliphatic carbocycles. The number of amides is 2. The molecule has 1 aliphatic heterocycles. The minimum atomic E-state index is -0.522. The lowest BCUT2D eigenvalue weighted by Gasteiger charge is -2.17. The molecule has 30 heavy (non-hydrogen) atoms. The van der Waals surface area contributed by atoms with Crippen LogP contribution in [-0.4, -0.2) is 22.9 Å². The van der Waals surface area contributed by atoms with Gasteiger partial charge in [0.15, 0.2) is 5.58 Å². The summed E-state index contributed by atoms with van der Waals surface area (Å²) in [5.74, 6) is -1.42. The molecule has 4 rings (SSSR count). The summed E-state index contributed by atoms with van der Waals surface area (Å²) in [6.07, 6.45) is 0.0870. The lowest BCUT2D eigenvalue weighted by molar-refractivity contribution is -0.122. The summed E-state index contributed by atoms with van der Waals surface area (Å²) in [5.41, 5.74) is 2.61. The number of nitriles is 1. The highest BCUT2D eigenvalue weighted by Gasteiger charge is 2.35. The summed E-state index contributed by atoms with van der Waals surface area (Å²) in [6.45, 7) is 4.02. The molecule has 8 nitrogen and oxygen atoms in total. The number of hydrogen-bond acceptors (Lipinski definition) is 5. The lowest BCUT2D eigenvalue weighted by atomic mass is 10.1. The maximum Gasteiger partial charge on any atom is 0.420 e. The van der Waals surface area contributed by atoms with E-state index < -0.39 is 11.7 Å². The van der Waals surface area contributed by atoms with Crippen LogP contribution in [0.15, 0.2) is 51.7 Å². The summed E-state index contributed by atoms with van der Waals surface area (Å²) in [6, 6.07) is 13.8. The van der Waals surface area contributed by atoms with Crippen molar-refractivity contribution in [1.29, 1.82) is 5.26 Å². The molecule has 2 amide bonds. The van der Waals surface area contributed by atoms with E-state index >= 15 is 0 Å². The van der Waals surface area contributed by atoms with Gasteiger partial charge in [-0.2, -0.15) is 5.26 Å². The van der Waals surface area contributed by atoms with E-state index in [2.05, 4.69) is 5.32 Å². The molecule has 0 bridgehead atoms. The second-order valence-corrected chi connectivity index (χ2v) is 7.57. The Balaban J connectivity index is 1.51. The first kappa shape index (κ1) is 19.5. The van der Waals surface area contributed by atoms with Gasteiger partial charge in [-0.1, -0.05) is 6.07 Å². The van der Waals surface area contributed by atoms with Gasteiger partial charge in [0.2, 0.25) is 11.8 Å². The monoisotopic (exact) mass is 404 g/mol. The van der Waals surface area contributed by atoms with E-state index in [-0.39, 0.29) is 30.8 Å². The van der Waals surface area contributed by atoms with Gasteiger partial charge in [0.25, 0.3) is 0 Å². The van der Waals surface area contributed by atoms with Crippen LogP contribution in [0.1, 0.15) is 31.9 Å². The van der Waals surface area contributed by atoms with E-state index in [0.717, 1.165) is 0 Å². The molecule has 0 spiro atoms. The third-order valence-electron chi connectivity index (χ3n) is 5.18. The van der Waals surface area contributed by atoms with Crippen LogP contribution >= 0.6 is 0 Å². The summed E-state index contributed by atoms with van der Waals surface area (Å²) in [4.78, 5) is 38.7. The van der Waals surface area contributed by atoms with E-state index in [1.165, 1.54) is 4.90 Å². The zero-order valence-electron chi connectivity index (χ0n) is 16.6. The standard InChI is InChI=1S/C22H20N4O4/c1-13(2)26-18-7-6-16(10-19(18)30-22(26)29)24-21(28)15-9-20(27)25(12-15)17-5-3-4-14(8-17)11-23/h3-8,10,13,15H,9,12H2,1-2H3,(H,24,28). The number of anilines is 2. The number of carbonyl (C=O) groups excluding carboxylic acids is 2. The first-order valence-corrected chi connectivity index (χ1v) is 9.64. The van der Waals surface area contributed by atoms with Crippen LogP contribution < -0.4 is 16.0 Å². The molecule has 3 aromatic rings. The molecule has 2 aromatic carbocycles. The normalized spacial score (nSPS) is 16.3. The van der Waals surface area contributed by atoms with Gasteiger partial charge in [0.05, 0.1) is 23.1 Å². The van der Waals surface area contributed by atoms with E-state index in [1.54, 1.807) is 47.0 Å². The van der Waals surface area contributed by atoms with E-state index in [9.17, 15) is 14.4 Å². The van der Waals surface area contributed by atoms with Crippen molar-refractivity contribution < 1.29 is 14.0 Å². The Morgan fingerprint density at radius 3 is 2.77 bits per heavy atom. The average molecular weight is 404 g/mol. The minimum Gasteiger partial charge on any atom is -0.408 e. The number of aromatic nitrogens is 1. The second-order valence-electron chi connectivity index (χ2n) is 7.57. The Morgan fingerprint density at radius 2 is 2.03 bits per heavy atom. The van der Waals surface area contributed by atoms with Crippen molar-refractivity contribution in [3.63, 3.8) is 0 Å². The van der Waals surface area contributed by atoms with Gasteiger partial charge in [-0.15, -0.1) is 0 Å². The predicted octanol–water partition coefficient (Wildman–Crippen LogP) is 3.04. The first-order chi connectivity index (χ1) is 14.4. The lowest BCUT2D eigenvalue weighted by Crippen LogP contribution is -2.28. The minimum absolute atomic E-state index is 0.0470. The molecule has 0 radical (unpaired) electrons. The molecule has 1 saturated heterocycles. The van der Waals surface area contributed by atoms with Crippen LogP contribution in [0.3, 0.4) is 0 Å². The molecule has 1 N–H and O–H groups in total. The highest BCUT2D eigenvalue weighted by atomic mass is 16.4. The Bertz CT molecular complexity index is 1250. The third-order valence-corrected chi connectivity index (χ3v) is 5.18. The van der Waals surface area contributed by atoms with Crippen LogP contribution in [0.2, 0.25) is 0 Å². The molecule has 0 saturated carbocycles. The van der Waals surface area contributed by atoms with Gasteiger partial charge in [-0.05, 0) is 44.2 Å². The number of hydrogen-bond donors (Lipinski definition) is 1. The molecular formula is C22H20N4O4. The highest BCUT2D eigenvalue weighted by Crippen LogP contribution is 2.27. The topological polar surface area (TPSA) is 108 Å². The number of carbonyl (C=O) groups is 2. The largest absolute Gasteiger partial charge is 0.420 e. The number of fused-ring (bicyclic) bond motifs is 1. The van der Waals surface area contributed by atoms with Gasteiger partial charge in [0.1, 0.15) is 0 Å². The van der Waals surface area contributed by atoms with Gasteiger partial charge in [-0.25, -0.2) is 4.79 Å². The molecule has 1 aromatic heterocycles. The van der Waals surface area contributed by atoms with Crippen LogP contribution in [-0.2, 0) is 9.59 Å². The van der Waals surface area contributed by atoms with Crippen LogP contribution in [0, 0.1) is 17.2 Å². The SMILES string of the molecule is CC(C)n1c(=O)oc2cc(NC(=O)C3CC(=O)N(c4cccc(C#N)c4)C3)ccc21. The first-order valence-electron chi connectivity index (χ1n) is 9.64. The van der Waals surface area contributed by atoms with Crippen LogP contribution in [0.5, 0.6) is 0 Å². The number of nitrogens with zero attached hydrogens (tertiary/aromatic N) is 3. The molecule has 1 aliphatic rings. The molecule has 152 valence electrons. The van der Waals surface area contributed by atoms with Crippen molar-refractivity contribution in [3.8, 4) is 6.07 Å². The molecular weight excluding hydrogens is 384 g/mol. The molecule has 2 heterocycles. The summed E-state index contributed by atoms with van der Waals surface area (Å²) in [5, 5.41) is 11.9. The Hall–Kier alpha value is -3.86. The van der Waals surface area contributed by atoms with E-state index in [0.29, 0.717) is 28.0 Å². The molecule has 8 heteroatoms. The van der Waals surface area contributed by atoms with Crippen molar-refractivity contribution in [2.75, 3.05) is 16.8 Å². The number of benzene rings is 2. The molecule has 1 atom stereocenters. The zero-order chi connectivity index (χ0) is 21.4. The fraction of sp³-hybridized carbons (Fsp3) is 0.273. The molecule has 1 fully saturated rings. The Morgan fingerprint density at radius 1 is 1.23 bits per heavy atom. The quantitative estimate of drug-likeness (QED) is 0.719. The Kier molecular flexibility index (Phi) is 4.88. The van der Waals surface area contributed by atoms with Crippen LogP contribution in [0.4, 0.5) is 11.4 Å². The molecule has 1 unspecified atom stereocenters. The van der Waals surface area contributed by atoms with Gasteiger partial charge < -0.3 is 14.6 Å². The van der Waals surface area contributed by atoms with Crippen molar-refractivity contribution in [3.05, 3.63) is 58.6 Å². The summed E-state index contributed by atoms with van der Waals surface area (Å²) < 4.78 is 6.83. The van der Waals surface area contributed by atoms with Gasteiger partial charge in [-0.3, -0.25) is 14.2 Å². The Labute approximate surface area is 172 Å². The van der Waals surface area contributed by atoms with Crippen molar-refractivity contribution in [2.45, 2.75) is 26.3 Å². The van der Waals surface area contributed by atoms with Crippen molar-refractivity contribution in [1.82, 2.24) is 4.57 Å². The van der Waals surface area contributed by atoms with Crippen LogP contribution in [0.25, 0.3) is 11.1 Å². The maximum atomic E-state index is 12.7. The number of nitrogens with one attached hydrogen (secondary N) is 1. The number of rotatable bonds is 4. The second kappa shape index (κ2) is 7.52. The van der Waals surface area contributed by atoms with Crippen molar-refractivity contribution >= 4 is 34.3 Å². The smallest absolute Gasteiger partial charge is 0.408 e. The summed E-state index contributed by atoms with van der Waals surface area (Å²) in [7, 11) is 0. The predicted molar refractivity (Wildman–Crippen MR) is 111 cm³/mol.